The third-order valence-electron chi connectivity index (χ3n) is 4.63. The fourth-order valence-corrected chi connectivity index (χ4v) is 3.66. The minimum Gasteiger partial charge on any atom is -0.466 e. The summed E-state index contributed by atoms with van der Waals surface area (Å²) >= 11 is 0. The zero-order valence-electron chi connectivity index (χ0n) is 14.5. The molecule has 126 valence electrons. The summed E-state index contributed by atoms with van der Waals surface area (Å²) in [6.07, 6.45) is 2.91. The minimum absolute atomic E-state index is 0.0679. The Kier molecular flexibility index (Phi) is 4.03. The summed E-state index contributed by atoms with van der Waals surface area (Å²) in [4.78, 5) is 29.7. The summed E-state index contributed by atoms with van der Waals surface area (Å²) < 4.78 is 4.97. The number of rotatable bonds is 2. The van der Waals surface area contributed by atoms with Crippen molar-refractivity contribution in [2.75, 3.05) is 7.11 Å². The number of methoxy groups -OCH3 is 1. The molecular weight excluding hydrogens is 304 g/mol. The third kappa shape index (κ3) is 2.75. The Morgan fingerprint density at radius 3 is 2.71 bits per heavy atom. The number of hydrogen-bond acceptors (Lipinski definition) is 5. The lowest BCUT2D eigenvalue weighted by atomic mass is 9.69. The van der Waals surface area contributed by atoms with Gasteiger partial charge < -0.3 is 10.1 Å². The van der Waals surface area contributed by atoms with Crippen LogP contribution in [0.15, 0.2) is 46.9 Å². The molecule has 24 heavy (non-hydrogen) atoms. The Hall–Kier alpha value is -2.43. The SMILES string of the molecule is COC(=O)C1=C(C)NC2=C(C(=O)CC(C)(C)C2)[C@@H]1c1ccccn1. The molecule has 2 heterocycles. The van der Waals surface area contributed by atoms with Gasteiger partial charge in [0.25, 0.3) is 0 Å². The number of dihydropyridines is 1. The molecule has 2 aliphatic rings. The van der Waals surface area contributed by atoms with E-state index >= 15 is 0 Å². The van der Waals surface area contributed by atoms with Gasteiger partial charge in [-0.2, -0.15) is 0 Å². The summed E-state index contributed by atoms with van der Waals surface area (Å²) in [6.45, 7) is 6.01. The van der Waals surface area contributed by atoms with Gasteiger partial charge in [0.2, 0.25) is 0 Å². The Bertz CT molecular complexity index is 760. The Labute approximate surface area is 141 Å². The van der Waals surface area contributed by atoms with E-state index in [2.05, 4.69) is 24.1 Å². The number of Topliss-reactive ketones (excluding diaryl/α,β-unsaturated/α-hetero) is 1. The maximum absolute atomic E-state index is 12.9. The number of ether oxygens (including phenoxy) is 1. The number of nitrogens with zero attached hydrogens (tertiary/aromatic N) is 1. The third-order valence-corrected chi connectivity index (χ3v) is 4.63. The van der Waals surface area contributed by atoms with Crippen molar-refractivity contribution in [2.24, 2.45) is 5.41 Å². The van der Waals surface area contributed by atoms with Crippen molar-refractivity contribution in [3.05, 3.63) is 52.6 Å². The van der Waals surface area contributed by atoms with Crippen LogP contribution in [0.2, 0.25) is 0 Å². The molecule has 3 rings (SSSR count). The molecule has 1 aliphatic carbocycles. The molecular formula is C19H22N2O3. The molecule has 0 saturated carbocycles. The number of carbonyl (C=O) groups is 2. The van der Waals surface area contributed by atoms with Gasteiger partial charge in [-0.3, -0.25) is 9.78 Å². The molecule has 0 aromatic carbocycles. The van der Waals surface area contributed by atoms with E-state index in [1.807, 2.05) is 25.1 Å². The van der Waals surface area contributed by atoms with E-state index in [0.717, 1.165) is 17.8 Å². The van der Waals surface area contributed by atoms with Crippen LogP contribution in [0, 0.1) is 5.41 Å². The van der Waals surface area contributed by atoms with Crippen LogP contribution < -0.4 is 5.32 Å². The average molecular weight is 326 g/mol. The van der Waals surface area contributed by atoms with Crippen LogP contribution >= 0.6 is 0 Å². The van der Waals surface area contributed by atoms with Gasteiger partial charge in [-0.15, -0.1) is 0 Å². The molecule has 0 fully saturated rings. The fraction of sp³-hybridized carbons (Fsp3) is 0.421. The van der Waals surface area contributed by atoms with Crippen molar-refractivity contribution in [1.29, 1.82) is 0 Å². The first-order valence-electron chi connectivity index (χ1n) is 8.07. The van der Waals surface area contributed by atoms with Crippen molar-refractivity contribution in [2.45, 2.75) is 39.5 Å². The molecule has 0 unspecified atom stereocenters. The highest BCUT2D eigenvalue weighted by molar-refractivity contribution is 6.04. The second-order valence-corrected chi connectivity index (χ2v) is 7.18. The Morgan fingerprint density at radius 1 is 1.33 bits per heavy atom. The number of pyridine rings is 1. The van der Waals surface area contributed by atoms with E-state index in [-0.39, 0.29) is 11.2 Å². The molecule has 5 heteroatoms. The molecule has 0 bridgehead atoms. The van der Waals surface area contributed by atoms with Crippen LogP contribution in [0.4, 0.5) is 0 Å². The monoisotopic (exact) mass is 326 g/mol. The van der Waals surface area contributed by atoms with Crippen molar-refractivity contribution < 1.29 is 14.3 Å². The molecule has 0 amide bonds. The largest absolute Gasteiger partial charge is 0.466 e. The quantitative estimate of drug-likeness (QED) is 0.847. The van der Waals surface area contributed by atoms with Crippen LogP contribution in [0.1, 0.15) is 45.2 Å². The minimum atomic E-state index is -0.474. The molecule has 1 N–H and O–H groups in total. The molecule has 0 radical (unpaired) electrons. The lowest BCUT2D eigenvalue weighted by Crippen LogP contribution is -2.38. The highest BCUT2D eigenvalue weighted by Gasteiger charge is 2.43. The number of aromatic nitrogens is 1. The molecule has 1 atom stereocenters. The zero-order chi connectivity index (χ0) is 17.5. The van der Waals surface area contributed by atoms with Crippen LogP contribution in [0.5, 0.6) is 0 Å². The van der Waals surface area contributed by atoms with E-state index in [4.69, 9.17) is 4.74 Å². The Morgan fingerprint density at radius 2 is 2.08 bits per heavy atom. The van der Waals surface area contributed by atoms with Gasteiger partial charge in [0, 0.05) is 29.6 Å². The van der Waals surface area contributed by atoms with Crippen LogP contribution in [0.3, 0.4) is 0 Å². The number of hydrogen-bond donors (Lipinski definition) is 1. The first-order valence-corrected chi connectivity index (χ1v) is 8.07. The molecule has 0 saturated heterocycles. The second-order valence-electron chi connectivity index (χ2n) is 7.18. The van der Waals surface area contributed by atoms with Gasteiger partial charge in [-0.1, -0.05) is 19.9 Å². The fourth-order valence-electron chi connectivity index (χ4n) is 3.66. The van der Waals surface area contributed by atoms with E-state index in [9.17, 15) is 9.59 Å². The highest BCUT2D eigenvalue weighted by Crippen LogP contribution is 2.46. The summed E-state index contributed by atoms with van der Waals surface area (Å²) in [6, 6.07) is 5.54. The summed E-state index contributed by atoms with van der Waals surface area (Å²) in [5.41, 5.74) is 3.33. The maximum atomic E-state index is 12.9. The van der Waals surface area contributed by atoms with Gasteiger partial charge in [0.1, 0.15) is 0 Å². The van der Waals surface area contributed by atoms with Crippen LogP contribution in [-0.4, -0.2) is 23.8 Å². The van der Waals surface area contributed by atoms with E-state index < -0.39 is 11.9 Å². The van der Waals surface area contributed by atoms with Gasteiger partial charge in [0.05, 0.1) is 24.3 Å². The standard InChI is InChI=1S/C19H22N2O3/c1-11-15(18(23)24-4)17(12-7-5-6-8-20-12)16-13(21-11)9-19(2,3)10-14(16)22/h5-8,17,21H,9-10H2,1-4H3/t17-/m1/s1. The molecule has 1 aromatic heterocycles. The zero-order valence-corrected chi connectivity index (χ0v) is 14.5. The van der Waals surface area contributed by atoms with Gasteiger partial charge >= 0.3 is 5.97 Å². The molecule has 1 aliphatic heterocycles. The number of ketones is 1. The van der Waals surface area contributed by atoms with Gasteiger partial charge in [-0.25, -0.2) is 4.79 Å². The average Bonchev–Trinajstić information content (AvgIpc) is 2.52. The van der Waals surface area contributed by atoms with E-state index in [1.165, 1.54) is 7.11 Å². The lowest BCUT2D eigenvalue weighted by molar-refractivity contribution is -0.136. The highest BCUT2D eigenvalue weighted by atomic mass is 16.5. The predicted octanol–water partition coefficient (Wildman–Crippen LogP) is 2.86. The van der Waals surface area contributed by atoms with Crippen molar-refractivity contribution in [3.8, 4) is 0 Å². The maximum Gasteiger partial charge on any atom is 0.336 e. The number of nitrogens with one attached hydrogen (secondary N) is 1. The van der Waals surface area contributed by atoms with Gasteiger partial charge in [0.15, 0.2) is 5.78 Å². The van der Waals surface area contributed by atoms with Crippen molar-refractivity contribution >= 4 is 11.8 Å². The summed E-state index contributed by atoms with van der Waals surface area (Å²) in [5.74, 6) is -0.836. The molecule has 0 spiro atoms. The van der Waals surface area contributed by atoms with E-state index in [0.29, 0.717) is 23.3 Å². The molecule has 1 aromatic rings. The number of allylic oxidation sites excluding steroid dienone is 3. The number of esters is 1. The smallest absolute Gasteiger partial charge is 0.336 e. The second kappa shape index (κ2) is 5.89. The molecule has 5 nitrogen and oxygen atoms in total. The number of carbonyl (C=O) groups excluding carboxylic acids is 2. The van der Waals surface area contributed by atoms with E-state index in [1.54, 1.807) is 6.20 Å². The van der Waals surface area contributed by atoms with Crippen LogP contribution in [0.25, 0.3) is 0 Å². The van der Waals surface area contributed by atoms with Crippen molar-refractivity contribution in [1.82, 2.24) is 10.3 Å². The van der Waals surface area contributed by atoms with Gasteiger partial charge in [-0.05, 0) is 30.9 Å². The summed E-state index contributed by atoms with van der Waals surface area (Å²) in [7, 11) is 1.35. The Balaban J connectivity index is 2.19. The first-order chi connectivity index (χ1) is 11.3. The topological polar surface area (TPSA) is 68.3 Å². The summed E-state index contributed by atoms with van der Waals surface area (Å²) in [5, 5.41) is 3.28. The predicted molar refractivity (Wildman–Crippen MR) is 89.9 cm³/mol. The lowest BCUT2D eigenvalue weighted by Gasteiger charge is -2.39. The van der Waals surface area contributed by atoms with Crippen molar-refractivity contribution in [3.63, 3.8) is 0 Å². The first kappa shape index (κ1) is 16.4. The van der Waals surface area contributed by atoms with Crippen LogP contribution in [-0.2, 0) is 14.3 Å². The normalized spacial score (nSPS) is 22.8.